The van der Waals surface area contributed by atoms with Gasteiger partial charge in [0.25, 0.3) is 0 Å². The van der Waals surface area contributed by atoms with E-state index in [0.717, 1.165) is 5.56 Å². The first-order chi connectivity index (χ1) is 9.94. The standard InChI is InChI=1S/C14H16BrNO4S/c1-3-19-13-7-10(2)12(15)8-14(13)21(17,18)16-9-11-5-4-6-20-11/h4-8,16H,3,9H2,1-2H3. The van der Waals surface area contributed by atoms with Gasteiger partial charge in [0.1, 0.15) is 16.4 Å². The van der Waals surface area contributed by atoms with E-state index >= 15 is 0 Å². The van der Waals surface area contributed by atoms with Crippen molar-refractivity contribution in [2.24, 2.45) is 0 Å². The van der Waals surface area contributed by atoms with Crippen molar-refractivity contribution in [3.05, 3.63) is 46.3 Å². The third-order valence-electron chi connectivity index (χ3n) is 2.83. The molecule has 114 valence electrons. The van der Waals surface area contributed by atoms with Crippen molar-refractivity contribution in [2.75, 3.05) is 6.61 Å². The molecule has 0 saturated heterocycles. The van der Waals surface area contributed by atoms with Gasteiger partial charge in [0, 0.05) is 4.47 Å². The van der Waals surface area contributed by atoms with E-state index in [1.807, 2.05) is 13.8 Å². The molecule has 5 nitrogen and oxygen atoms in total. The molecule has 0 aliphatic carbocycles. The minimum atomic E-state index is -3.69. The molecule has 0 aliphatic heterocycles. The molecule has 0 spiro atoms. The number of furan rings is 1. The Hall–Kier alpha value is -1.31. The van der Waals surface area contributed by atoms with Crippen LogP contribution in [0.5, 0.6) is 5.75 Å². The van der Waals surface area contributed by atoms with Crippen molar-refractivity contribution in [3.63, 3.8) is 0 Å². The van der Waals surface area contributed by atoms with Crippen molar-refractivity contribution in [1.82, 2.24) is 4.72 Å². The summed E-state index contributed by atoms with van der Waals surface area (Å²) in [4.78, 5) is 0.105. The van der Waals surface area contributed by atoms with Gasteiger partial charge in [-0.25, -0.2) is 13.1 Å². The van der Waals surface area contributed by atoms with Crippen molar-refractivity contribution in [3.8, 4) is 5.75 Å². The summed E-state index contributed by atoms with van der Waals surface area (Å²) in [6.07, 6.45) is 1.50. The summed E-state index contributed by atoms with van der Waals surface area (Å²) >= 11 is 3.35. The maximum absolute atomic E-state index is 12.4. The quantitative estimate of drug-likeness (QED) is 0.843. The summed E-state index contributed by atoms with van der Waals surface area (Å²) < 4.78 is 38.6. The lowest BCUT2D eigenvalue weighted by Gasteiger charge is -2.13. The van der Waals surface area contributed by atoms with E-state index in [0.29, 0.717) is 22.6 Å². The minimum absolute atomic E-state index is 0.0897. The highest BCUT2D eigenvalue weighted by atomic mass is 79.9. The molecular weight excluding hydrogens is 358 g/mol. The van der Waals surface area contributed by atoms with Crippen LogP contribution in [0, 0.1) is 6.92 Å². The molecule has 0 amide bonds. The van der Waals surface area contributed by atoms with Crippen molar-refractivity contribution >= 4 is 26.0 Å². The highest BCUT2D eigenvalue weighted by molar-refractivity contribution is 9.10. The highest BCUT2D eigenvalue weighted by Gasteiger charge is 2.21. The van der Waals surface area contributed by atoms with Crippen LogP contribution in [0.15, 0.2) is 44.3 Å². The molecule has 7 heteroatoms. The van der Waals surface area contributed by atoms with Gasteiger partial charge in [0.2, 0.25) is 10.0 Å². The Kier molecular flexibility index (Phi) is 5.08. The van der Waals surface area contributed by atoms with Gasteiger partial charge in [-0.15, -0.1) is 0 Å². The third-order valence-corrected chi connectivity index (χ3v) is 5.11. The molecule has 0 saturated carbocycles. The number of hydrogen-bond donors (Lipinski definition) is 1. The van der Waals surface area contributed by atoms with Gasteiger partial charge in [-0.1, -0.05) is 15.9 Å². The molecule has 2 rings (SSSR count). The molecule has 0 unspecified atom stereocenters. The van der Waals surface area contributed by atoms with E-state index in [-0.39, 0.29) is 11.4 Å². The minimum Gasteiger partial charge on any atom is -0.492 e. The number of halogens is 1. The fourth-order valence-electron chi connectivity index (χ4n) is 1.77. The third kappa shape index (κ3) is 3.87. The molecule has 1 aromatic heterocycles. The first-order valence-corrected chi connectivity index (χ1v) is 8.66. The summed E-state index contributed by atoms with van der Waals surface area (Å²) in [6, 6.07) is 6.66. The predicted molar refractivity (Wildman–Crippen MR) is 82.8 cm³/mol. The first kappa shape index (κ1) is 16.1. The van der Waals surface area contributed by atoms with Crippen molar-refractivity contribution in [1.29, 1.82) is 0 Å². The molecule has 1 heterocycles. The van der Waals surface area contributed by atoms with Gasteiger partial charge in [0.15, 0.2) is 0 Å². The van der Waals surface area contributed by atoms with Crippen LogP contribution in [0.3, 0.4) is 0 Å². The molecule has 0 aliphatic rings. The molecule has 1 aromatic carbocycles. The summed E-state index contributed by atoms with van der Waals surface area (Å²) in [6.45, 7) is 4.16. The Morgan fingerprint density at radius 3 is 2.76 bits per heavy atom. The van der Waals surface area contributed by atoms with Crippen LogP contribution in [0.25, 0.3) is 0 Å². The maximum Gasteiger partial charge on any atom is 0.244 e. The van der Waals surface area contributed by atoms with Gasteiger partial charge < -0.3 is 9.15 Å². The second kappa shape index (κ2) is 6.64. The molecule has 0 fully saturated rings. The number of nitrogens with one attached hydrogen (secondary N) is 1. The van der Waals surface area contributed by atoms with E-state index in [1.165, 1.54) is 6.26 Å². The lowest BCUT2D eigenvalue weighted by Crippen LogP contribution is -2.23. The summed E-state index contributed by atoms with van der Waals surface area (Å²) in [7, 11) is -3.69. The average molecular weight is 374 g/mol. The Labute approximate surface area is 132 Å². The number of rotatable bonds is 6. The molecule has 2 aromatic rings. The summed E-state index contributed by atoms with van der Waals surface area (Å²) in [5, 5.41) is 0. The van der Waals surface area contributed by atoms with E-state index in [1.54, 1.807) is 24.3 Å². The first-order valence-electron chi connectivity index (χ1n) is 6.39. The van der Waals surface area contributed by atoms with Gasteiger partial charge in [-0.3, -0.25) is 0 Å². The monoisotopic (exact) mass is 373 g/mol. The zero-order valence-corrected chi connectivity index (χ0v) is 14.1. The maximum atomic E-state index is 12.4. The Bertz CT molecular complexity index is 711. The SMILES string of the molecule is CCOc1cc(C)c(Br)cc1S(=O)(=O)NCc1ccco1. The smallest absolute Gasteiger partial charge is 0.244 e. The Balaban J connectivity index is 2.31. The van der Waals surface area contributed by atoms with Crippen LogP contribution in [0.1, 0.15) is 18.2 Å². The topological polar surface area (TPSA) is 68.5 Å². The molecule has 0 bridgehead atoms. The normalized spacial score (nSPS) is 11.6. The van der Waals surface area contributed by atoms with Crippen LogP contribution in [0.4, 0.5) is 0 Å². The van der Waals surface area contributed by atoms with Crippen molar-refractivity contribution < 1.29 is 17.6 Å². The lowest BCUT2D eigenvalue weighted by atomic mass is 10.2. The summed E-state index contributed by atoms with van der Waals surface area (Å²) in [5.74, 6) is 0.882. The zero-order chi connectivity index (χ0) is 15.5. The fraction of sp³-hybridized carbons (Fsp3) is 0.286. The predicted octanol–water partition coefficient (Wildman–Crippen LogP) is 3.23. The van der Waals surface area contributed by atoms with E-state index in [4.69, 9.17) is 9.15 Å². The molecule has 1 N–H and O–H groups in total. The summed E-state index contributed by atoms with van der Waals surface area (Å²) in [5.41, 5.74) is 0.906. The molecule has 21 heavy (non-hydrogen) atoms. The number of hydrogen-bond acceptors (Lipinski definition) is 4. The largest absolute Gasteiger partial charge is 0.492 e. The van der Waals surface area contributed by atoms with Gasteiger partial charge in [-0.2, -0.15) is 0 Å². The van der Waals surface area contributed by atoms with Crippen LogP contribution in [-0.2, 0) is 16.6 Å². The zero-order valence-electron chi connectivity index (χ0n) is 11.7. The van der Waals surface area contributed by atoms with Crippen LogP contribution in [0.2, 0.25) is 0 Å². The molecule has 0 atom stereocenters. The molecular formula is C14H16BrNO4S. The van der Waals surface area contributed by atoms with Crippen molar-refractivity contribution in [2.45, 2.75) is 25.3 Å². The van der Waals surface area contributed by atoms with Crippen LogP contribution in [-0.4, -0.2) is 15.0 Å². The second-order valence-corrected chi connectivity index (χ2v) is 6.97. The van der Waals surface area contributed by atoms with Crippen LogP contribution < -0.4 is 9.46 Å². The second-order valence-electron chi connectivity index (χ2n) is 4.39. The van der Waals surface area contributed by atoms with E-state index < -0.39 is 10.0 Å². The Morgan fingerprint density at radius 2 is 2.14 bits per heavy atom. The number of ether oxygens (including phenoxy) is 1. The fourth-order valence-corrected chi connectivity index (χ4v) is 3.41. The molecule has 0 radical (unpaired) electrons. The highest BCUT2D eigenvalue weighted by Crippen LogP contribution is 2.30. The number of aryl methyl sites for hydroxylation is 1. The van der Waals surface area contributed by atoms with E-state index in [2.05, 4.69) is 20.7 Å². The Morgan fingerprint density at radius 1 is 1.38 bits per heavy atom. The van der Waals surface area contributed by atoms with Gasteiger partial charge in [0.05, 0.1) is 19.4 Å². The lowest BCUT2D eigenvalue weighted by molar-refractivity contribution is 0.330. The average Bonchev–Trinajstić information content (AvgIpc) is 2.94. The number of benzene rings is 1. The van der Waals surface area contributed by atoms with Gasteiger partial charge in [-0.05, 0) is 43.7 Å². The van der Waals surface area contributed by atoms with E-state index in [9.17, 15) is 8.42 Å². The van der Waals surface area contributed by atoms with Crippen LogP contribution >= 0.6 is 15.9 Å². The van der Waals surface area contributed by atoms with Gasteiger partial charge >= 0.3 is 0 Å². The number of sulfonamides is 1.